The number of nitrogens with zero attached hydrogens (tertiary/aromatic N) is 2. The van der Waals surface area contributed by atoms with Crippen molar-refractivity contribution in [2.75, 3.05) is 18.0 Å². The van der Waals surface area contributed by atoms with E-state index >= 15 is 0 Å². The lowest BCUT2D eigenvalue weighted by Gasteiger charge is -2.37. The van der Waals surface area contributed by atoms with E-state index in [-0.39, 0.29) is 17.9 Å². The minimum Gasteiger partial charge on any atom is -0.489 e. The Hall–Kier alpha value is -3.08. The van der Waals surface area contributed by atoms with E-state index in [0.717, 1.165) is 30.6 Å². The summed E-state index contributed by atoms with van der Waals surface area (Å²) in [6, 6.07) is 15.1. The number of para-hydroxylation sites is 2. The number of hydrogen-bond acceptors (Lipinski definition) is 4. The van der Waals surface area contributed by atoms with E-state index in [1.54, 1.807) is 6.07 Å². The SMILES string of the molecule is Cc1ccc(C2=C(N3CC(C)CC(C)C3)C(=O)N(c3ccccc3OC(C)C)C2=O)cc1. The number of benzene rings is 2. The predicted molar refractivity (Wildman–Crippen MR) is 127 cm³/mol. The molecule has 1 fully saturated rings. The van der Waals surface area contributed by atoms with Crippen LogP contribution in [0.1, 0.15) is 45.2 Å². The van der Waals surface area contributed by atoms with Crippen molar-refractivity contribution in [3.63, 3.8) is 0 Å². The summed E-state index contributed by atoms with van der Waals surface area (Å²) in [4.78, 5) is 31.1. The number of likely N-dealkylation sites (tertiary alicyclic amines) is 1. The van der Waals surface area contributed by atoms with Gasteiger partial charge in [0.05, 0.1) is 17.4 Å². The van der Waals surface area contributed by atoms with Crippen LogP contribution in [-0.4, -0.2) is 35.9 Å². The quantitative estimate of drug-likeness (QED) is 0.621. The number of piperidine rings is 1. The van der Waals surface area contributed by atoms with Gasteiger partial charge in [-0.25, -0.2) is 4.90 Å². The van der Waals surface area contributed by atoms with Crippen molar-refractivity contribution in [1.82, 2.24) is 4.90 Å². The number of aryl methyl sites for hydroxylation is 1. The van der Waals surface area contributed by atoms with Crippen LogP contribution in [0.4, 0.5) is 5.69 Å². The third-order valence-corrected chi connectivity index (χ3v) is 6.05. The fourth-order valence-electron chi connectivity index (χ4n) is 4.85. The van der Waals surface area contributed by atoms with Crippen molar-refractivity contribution in [2.45, 2.75) is 47.1 Å². The molecule has 1 saturated heterocycles. The van der Waals surface area contributed by atoms with E-state index in [4.69, 9.17) is 4.74 Å². The van der Waals surface area contributed by atoms with Gasteiger partial charge in [-0.3, -0.25) is 9.59 Å². The second-order valence-electron chi connectivity index (χ2n) is 9.52. The Balaban J connectivity index is 1.83. The molecule has 0 bridgehead atoms. The average molecular weight is 433 g/mol. The number of ether oxygens (including phenoxy) is 1. The highest BCUT2D eigenvalue weighted by Gasteiger charge is 2.44. The molecule has 2 amide bonds. The molecular weight excluding hydrogens is 400 g/mol. The van der Waals surface area contributed by atoms with Gasteiger partial charge >= 0.3 is 0 Å². The Kier molecular flexibility index (Phi) is 6.09. The van der Waals surface area contributed by atoms with Crippen LogP contribution in [0, 0.1) is 18.8 Å². The van der Waals surface area contributed by atoms with E-state index in [9.17, 15) is 9.59 Å². The van der Waals surface area contributed by atoms with Crippen LogP contribution < -0.4 is 9.64 Å². The predicted octanol–water partition coefficient (Wildman–Crippen LogP) is 5.04. The van der Waals surface area contributed by atoms with Crippen molar-refractivity contribution in [1.29, 1.82) is 0 Å². The van der Waals surface area contributed by atoms with Crippen molar-refractivity contribution < 1.29 is 14.3 Å². The molecule has 0 saturated carbocycles. The summed E-state index contributed by atoms with van der Waals surface area (Å²) in [6.07, 6.45) is 1.05. The summed E-state index contributed by atoms with van der Waals surface area (Å²) in [6.45, 7) is 11.8. The molecule has 5 nitrogen and oxygen atoms in total. The second kappa shape index (κ2) is 8.81. The first kappa shape index (κ1) is 22.1. The van der Waals surface area contributed by atoms with E-state index in [1.165, 1.54) is 4.90 Å². The molecule has 2 aliphatic rings. The molecule has 0 aromatic heterocycles. The fourth-order valence-corrected chi connectivity index (χ4v) is 4.85. The van der Waals surface area contributed by atoms with Gasteiger partial charge in [-0.2, -0.15) is 0 Å². The standard InChI is InChI=1S/C27H32N2O3/c1-17(2)32-23-9-7-6-8-22(23)29-26(30)24(21-12-10-18(3)11-13-21)25(27(29)31)28-15-19(4)14-20(5)16-28/h6-13,17,19-20H,14-16H2,1-5H3. The van der Waals surface area contributed by atoms with Gasteiger partial charge in [0.2, 0.25) is 0 Å². The minimum atomic E-state index is -0.292. The summed E-state index contributed by atoms with van der Waals surface area (Å²) >= 11 is 0. The molecule has 0 radical (unpaired) electrons. The molecule has 2 aromatic carbocycles. The molecule has 168 valence electrons. The summed E-state index contributed by atoms with van der Waals surface area (Å²) in [7, 11) is 0. The first-order chi connectivity index (χ1) is 15.3. The third-order valence-electron chi connectivity index (χ3n) is 6.05. The zero-order chi connectivity index (χ0) is 23.0. The molecular formula is C27H32N2O3. The fraction of sp³-hybridized carbons (Fsp3) is 0.407. The van der Waals surface area contributed by atoms with E-state index in [1.807, 2.05) is 63.2 Å². The molecule has 2 unspecified atom stereocenters. The third kappa shape index (κ3) is 4.16. The number of carbonyl (C=O) groups is 2. The molecule has 2 aliphatic heterocycles. The first-order valence-corrected chi connectivity index (χ1v) is 11.5. The zero-order valence-corrected chi connectivity index (χ0v) is 19.6. The van der Waals surface area contributed by atoms with E-state index in [2.05, 4.69) is 18.7 Å². The highest BCUT2D eigenvalue weighted by molar-refractivity contribution is 6.45. The molecule has 2 aromatic rings. The number of rotatable bonds is 5. The number of anilines is 1. The normalized spacial score (nSPS) is 21.7. The molecule has 0 aliphatic carbocycles. The Labute approximate surface area is 190 Å². The summed E-state index contributed by atoms with van der Waals surface area (Å²) in [5, 5.41) is 0. The highest BCUT2D eigenvalue weighted by atomic mass is 16.5. The lowest BCUT2D eigenvalue weighted by atomic mass is 9.91. The number of imide groups is 1. The van der Waals surface area contributed by atoms with Crippen LogP contribution in [-0.2, 0) is 9.59 Å². The Morgan fingerprint density at radius 2 is 1.53 bits per heavy atom. The smallest absolute Gasteiger partial charge is 0.282 e. The molecule has 0 spiro atoms. The summed E-state index contributed by atoms with van der Waals surface area (Å²) < 4.78 is 5.95. The number of amides is 2. The van der Waals surface area contributed by atoms with Crippen LogP contribution >= 0.6 is 0 Å². The Morgan fingerprint density at radius 3 is 2.16 bits per heavy atom. The summed E-state index contributed by atoms with van der Waals surface area (Å²) in [5.74, 6) is 0.887. The number of carbonyl (C=O) groups excluding carboxylic acids is 2. The molecule has 2 atom stereocenters. The van der Waals surface area contributed by atoms with Crippen LogP contribution in [0.3, 0.4) is 0 Å². The van der Waals surface area contributed by atoms with Gasteiger partial charge in [0, 0.05) is 13.1 Å². The van der Waals surface area contributed by atoms with Gasteiger partial charge in [-0.1, -0.05) is 55.8 Å². The molecule has 5 heteroatoms. The average Bonchev–Trinajstić information content (AvgIpc) is 2.98. The largest absolute Gasteiger partial charge is 0.489 e. The van der Waals surface area contributed by atoms with Gasteiger partial charge in [-0.05, 0) is 56.7 Å². The van der Waals surface area contributed by atoms with Gasteiger partial charge in [-0.15, -0.1) is 0 Å². The topological polar surface area (TPSA) is 49.9 Å². The van der Waals surface area contributed by atoms with Crippen molar-refractivity contribution in [3.05, 3.63) is 65.4 Å². The van der Waals surface area contributed by atoms with Gasteiger partial charge < -0.3 is 9.64 Å². The van der Waals surface area contributed by atoms with Crippen molar-refractivity contribution in [3.8, 4) is 5.75 Å². The van der Waals surface area contributed by atoms with Crippen molar-refractivity contribution >= 4 is 23.1 Å². The molecule has 0 N–H and O–H groups in total. The lowest BCUT2D eigenvalue weighted by Crippen LogP contribution is -2.42. The summed E-state index contributed by atoms with van der Waals surface area (Å²) in [5.41, 5.74) is 3.38. The van der Waals surface area contributed by atoms with E-state index in [0.29, 0.717) is 34.5 Å². The Morgan fingerprint density at radius 1 is 0.906 bits per heavy atom. The van der Waals surface area contributed by atoms with Crippen LogP contribution in [0.25, 0.3) is 5.57 Å². The molecule has 32 heavy (non-hydrogen) atoms. The highest BCUT2D eigenvalue weighted by Crippen LogP contribution is 2.40. The molecule has 2 heterocycles. The van der Waals surface area contributed by atoms with Crippen LogP contribution in [0.15, 0.2) is 54.2 Å². The van der Waals surface area contributed by atoms with Gasteiger partial charge in [0.15, 0.2) is 0 Å². The monoisotopic (exact) mass is 432 g/mol. The van der Waals surface area contributed by atoms with E-state index < -0.39 is 0 Å². The lowest BCUT2D eigenvalue weighted by molar-refractivity contribution is -0.121. The maximum absolute atomic E-state index is 13.9. The zero-order valence-electron chi connectivity index (χ0n) is 19.6. The van der Waals surface area contributed by atoms with Gasteiger partial charge in [0.1, 0.15) is 11.4 Å². The van der Waals surface area contributed by atoms with Crippen LogP contribution in [0.2, 0.25) is 0 Å². The van der Waals surface area contributed by atoms with Crippen LogP contribution in [0.5, 0.6) is 5.75 Å². The van der Waals surface area contributed by atoms with Gasteiger partial charge in [0.25, 0.3) is 11.8 Å². The molecule has 4 rings (SSSR count). The maximum Gasteiger partial charge on any atom is 0.282 e. The minimum absolute atomic E-state index is 0.0725. The Bertz CT molecular complexity index is 1040. The van der Waals surface area contributed by atoms with Crippen molar-refractivity contribution in [2.24, 2.45) is 11.8 Å². The first-order valence-electron chi connectivity index (χ1n) is 11.5. The second-order valence-corrected chi connectivity index (χ2v) is 9.52. The maximum atomic E-state index is 13.9. The number of hydrogen-bond donors (Lipinski definition) is 0.